The zero-order chi connectivity index (χ0) is 16.2. The monoisotopic (exact) mass is 291 g/mol. The summed E-state index contributed by atoms with van der Waals surface area (Å²) in [5.74, 6) is -0.0167. The molecular weight excluding hydrogens is 262 g/mol. The Balaban J connectivity index is 2.83. The number of hydrogen-bond acceptors (Lipinski definition) is 3. The summed E-state index contributed by atoms with van der Waals surface area (Å²) in [6.07, 6.45) is 0. The Morgan fingerprint density at radius 2 is 1.62 bits per heavy atom. The van der Waals surface area contributed by atoms with Gasteiger partial charge >= 0.3 is 5.97 Å². The molecule has 0 amide bonds. The lowest BCUT2D eigenvalue weighted by atomic mass is 9.86. The van der Waals surface area contributed by atoms with Gasteiger partial charge in [-0.1, -0.05) is 58.9 Å². The molecule has 1 unspecified atom stereocenters. The van der Waals surface area contributed by atoms with Crippen LogP contribution in [-0.4, -0.2) is 19.1 Å². The minimum atomic E-state index is -0.285. The lowest BCUT2D eigenvalue weighted by Crippen LogP contribution is -2.42. The molecule has 0 aliphatic carbocycles. The normalized spacial score (nSPS) is 14.9. The highest BCUT2D eigenvalue weighted by atomic mass is 16.5. The SMILES string of the molecule is COC(=O)[C@@H](NC(C)c1ccc(C(C)(C)C)cc1)C(C)C. The van der Waals surface area contributed by atoms with Crippen LogP contribution in [0.1, 0.15) is 58.7 Å². The summed E-state index contributed by atoms with van der Waals surface area (Å²) in [5, 5.41) is 3.37. The lowest BCUT2D eigenvalue weighted by Gasteiger charge is -2.25. The van der Waals surface area contributed by atoms with Gasteiger partial charge in [0.25, 0.3) is 0 Å². The molecule has 21 heavy (non-hydrogen) atoms. The molecule has 0 aliphatic rings. The van der Waals surface area contributed by atoms with Gasteiger partial charge in [-0.3, -0.25) is 10.1 Å². The van der Waals surface area contributed by atoms with Crippen LogP contribution in [0.3, 0.4) is 0 Å². The molecule has 1 N–H and O–H groups in total. The van der Waals surface area contributed by atoms with Crippen LogP contribution in [0.5, 0.6) is 0 Å². The van der Waals surface area contributed by atoms with Gasteiger partial charge in [-0.05, 0) is 29.4 Å². The minimum absolute atomic E-state index is 0.102. The molecule has 1 aromatic rings. The third-order valence-corrected chi connectivity index (χ3v) is 3.83. The maximum Gasteiger partial charge on any atom is 0.323 e. The summed E-state index contributed by atoms with van der Waals surface area (Å²) in [5.41, 5.74) is 2.64. The first-order chi connectivity index (χ1) is 9.66. The molecule has 0 heterocycles. The molecule has 1 rings (SSSR count). The molecule has 118 valence electrons. The average molecular weight is 291 g/mol. The molecular formula is C18H29NO2. The second kappa shape index (κ2) is 7.08. The average Bonchev–Trinajstić information content (AvgIpc) is 2.42. The number of hydrogen-bond donors (Lipinski definition) is 1. The Labute approximate surface area is 129 Å². The van der Waals surface area contributed by atoms with Crippen molar-refractivity contribution in [3.8, 4) is 0 Å². The van der Waals surface area contributed by atoms with E-state index in [-0.39, 0.29) is 29.4 Å². The van der Waals surface area contributed by atoms with Gasteiger partial charge in [0.05, 0.1) is 7.11 Å². The van der Waals surface area contributed by atoms with Gasteiger partial charge in [-0.15, -0.1) is 0 Å². The van der Waals surface area contributed by atoms with E-state index in [9.17, 15) is 4.79 Å². The minimum Gasteiger partial charge on any atom is -0.468 e. The molecule has 0 bridgehead atoms. The molecule has 3 heteroatoms. The van der Waals surface area contributed by atoms with E-state index in [4.69, 9.17) is 4.74 Å². The molecule has 0 saturated heterocycles. The van der Waals surface area contributed by atoms with Crippen LogP contribution in [0.2, 0.25) is 0 Å². The van der Waals surface area contributed by atoms with Crippen molar-refractivity contribution < 1.29 is 9.53 Å². The molecule has 0 fully saturated rings. The lowest BCUT2D eigenvalue weighted by molar-refractivity contribution is -0.144. The molecule has 1 aromatic carbocycles. The van der Waals surface area contributed by atoms with Crippen LogP contribution in [-0.2, 0) is 14.9 Å². The van der Waals surface area contributed by atoms with Crippen molar-refractivity contribution in [2.75, 3.05) is 7.11 Å². The first-order valence-electron chi connectivity index (χ1n) is 7.61. The Hall–Kier alpha value is -1.35. The van der Waals surface area contributed by atoms with E-state index in [2.05, 4.69) is 57.3 Å². The van der Waals surface area contributed by atoms with Crippen molar-refractivity contribution in [2.24, 2.45) is 5.92 Å². The van der Waals surface area contributed by atoms with E-state index in [0.717, 1.165) is 0 Å². The third-order valence-electron chi connectivity index (χ3n) is 3.83. The Bertz CT molecular complexity index is 457. The van der Waals surface area contributed by atoms with Crippen molar-refractivity contribution in [3.05, 3.63) is 35.4 Å². The first kappa shape index (κ1) is 17.7. The van der Waals surface area contributed by atoms with Crippen molar-refractivity contribution in [3.63, 3.8) is 0 Å². The highest BCUT2D eigenvalue weighted by Gasteiger charge is 2.25. The van der Waals surface area contributed by atoms with Crippen LogP contribution in [0.15, 0.2) is 24.3 Å². The quantitative estimate of drug-likeness (QED) is 0.838. The van der Waals surface area contributed by atoms with Crippen LogP contribution in [0.25, 0.3) is 0 Å². The van der Waals surface area contributed by atoms with E-state index in [1.54, 1.807) is 0 Å². The Morgan fingerprint density at radius 3 is 2.00 bits per heavy atom. The third kappa shape index (κ3) is 4.85. The Morgan fingerprint density at radius 1 is 1.10 bits per heavy atom. The number of benzene rings is 1. The highest BCUT2D eigenvalue weighted by Crippen LogP contribution is 2.24. The van der Waals surface area contributed by atoms with E-state index in [0.29, 0.717) is 0 Å². The van der Waals surface area contributed by atoms with E-state index < -0.39 is 0 Å². The van der Waals surface area contributed by atoms with E-state index in [1.807, 2.05) is 13.8 Å². The van der Waals surface area contributed by atoms with Gasteiger partial charge in [0.1, 0.15) is 6.04 Å². The largest absolute Gasteiger partial charge is 0.468 e. The van der Waals surface area contributed by atoms with Crippen molar-refractivity contribution in [2.45, 2.75) is 59.0 Å². The fourth-order valence-corrected chi connectivity index (χ4v) is 2.30. The summed E-state index contributed by atoms with van der Waals surface area (Å²) < 4.78 is 4.87. The molecule has 2 atom stereocenters. The van der Waals surface area contributed by atoms with Crippen molar-refractivity contribution >= 4 is 5.97 Å². The van der Waals surface area contributed by atoms with Gasteiger partial charge in [0, 0.05) is 6.04 Å². The predicted molar refractivity (Wildman–Crippen MR) is 87.3 cm³/mol. The fraction of sp³-hybridized carbons (Fsp3) is 0.611. The van der Waals surface area contributed by atoms with Crippen LogP contribution in [0.4, 0.5) is 0 Å². The van der Waals surface area contributed by atoms with Crippen molar-refractivity contribution in [1.82, 2.24) is 5.32 Å². The van der Waals surface area contributed by atoms with Gasteiger partial charge in [0.15, 0.2) is 0 Å². The second-order valence-electron chi connectivity index (χ2n) is 7.01. The van der Waals surface area contributed by atoms with Gasteiger partial charge < -0.3 is 4.74 Å². The molecule has 3 nitrogen and oxygen atoms in total. The van der Waals surface area contributed by atoms with Crippen molar-refractivity contribution in [1.29, 1.82) is 0 Å². The summed E-state index contributed by atoms with van der Waals surface area (Å²) in [7, 11) is 1.43. The van der Waals surface area contributed by atoms with Crippen LogP contribution in [0, 0.1) is 5.92 Å². The highest BCUT2D eigenvalue weighted by molar-refractivity contribution is 5.76. The number of methoxy groups -OCH3 is 1. The topological polar surface area (TPSA) is 38.3 Å². The first-order valence-corrected chi connectivity index (χ1v) is 7.61. The standard InChI is InChI=1S/C18H29NO2/c1-12(2)16(17(20)21-7)19-13(3)14-8-10-15(11-9-14)18(4,5)6/h8-13,16,19H,1-7H3/t13?,16-/m0/s1. The molecule has 0 saturated carbocycles. The molecule has 0 aromatic heterocycles. The van der Waals surface area contributed by atoms with Crippen LogP contribution < -0.4 is 5.32 Å². The number of rotatable bonds is 5. The van der Waals surface area contributed by atoms with Crippen LogP contribution >= 0.6 is 0 Å². The number of nitrogens with one attached hydrogen (secondary N) is 1. The van der Waals surface area contributed by atoms with E-state index in [1.165, 1.54) is 18.2 Å². The predicted octanol–water partition coefficient (Wildman–Crippen LogP) is 3.83. The Kier molecular flexibility index (Phi) is 5.97. The van der Waals surface area contributed by atoms with E-state index >= 15 is 0 Å². The van der Waals surface area contributed by atoms with Gasteiger partial charge in [0.2, 0.25) is 0 Å². The molecule has 0 spiro atoms. The number of ether oxygens (including phenoxy) is 1. The summed E-state index contributed by atoms with van der Waals surface area (Å²) in [4.78, 5) is 11.8. The number of carbonyl (C=O) groups is 1. The number of esters is 1. The molecule has 0 radical (unpaired) electrons. The second-order valence-corrected chi connectivity index (χ2v) is 7.01. The maximum absolute atomic E-state index is 11.8. The smallest absolute Gasteiger partial charge is 0.323 e. The van der Waals surface area contributed by atoms with Gasteiger partial charge in [-0.25, -0.2) is 0 Å². The number of carbonyl (C=O) groups excluding carboxylic acids is 1. The summed E-state index contributed by atoms with van der Waals surface area (Å²) >= 11 is 0. The van der Waals surface area contributed by atoms with Gasteiger partial charge in [-0.2, -0.15) is 0 Å². The maximum atomic E-state index is 11.8. The fourth-order valence-electron chi connectivity index (χ4n) is 2.30. The molecule has 0 aliphatic heterocycles. The zero-order valence-electron chi connectivity index (χ0n) is 14.4. The zero-order valence-corrected chi connectivity index (χ0v) is 14.4. The summed E-state index contributed by atoms with van der Waals surface area (Å²) in [6, 6.07) is 8.41. The summed E-state index contributed by atoms with van der Waals surface area (Å²) in [6.45, 7) is 12.7.